The molecule has 0 aliphatic carbocycles. The van der Waals surface area contributed by atoms with Crippen LogP contribution in [0.15, 0.2) is 12.2 Å². The van der Waals surface area contributed by atoms with Crippen LogP contribution in [0.5, 0.6) is 0 Å². The SMILES string of the molecule is CCC1NC(=O)[C@@H]2[C@H](O)[C@H](C)C/C=C/[C@@](C)(CC(C)C)[C@@H](C(=O)NC(C)C(=O)N[C@H](C)C(=O)[C@@H]3[C@H](CC(C)C)C(=O)N(C)[C@@H](C[C@@H]3C)C(=O)N(C)C(C(C)C)C(=O)N2C)N(C)C(=O)[C@H](C(C)C)NC(=O)C(CC(C)C)N(C)C(=O)[C@H](CC(C)C)N(C)C1=O. The second-order valence-electron chi connectivity index (χ2n) is 28.8. The van der Waals surface area contributed by atoms with Crippen LogP contribution in [0.25, 0.3) is 0 Å². The minimum atomic E-state index is -1.72. The molecule has 1 saturated heterocycles. The first-order valence-corrected chi connectivity index (χ1v) is 32.3. The van der Waals surface area contributed by atoms with E-state index in [0.717, 1.165) is 4.90 Å². The highest BCUT2D eigenvalue weighted by Crippen LogP contribution is 2.39. The summed E-state index contributed by atoms with van der Waals surface area (Å²) in [5, 5.41) is 24.2. The van der Waals surface area contributed by atoms with Crippen LogP contribution in [0.2, 0.25) is 0 Å². The molecule has 500 valence electrons. The lowest BCUT2D eigenvalue weighted by Crippen LogP contribution is -2.64. The van der Waals surface area contributed by atoms with Gasteiger partial charge in [0.1, 0.15) is 54.4 Å². The Hall–Kier alpha value is -5.93. The van der Waals surface area contributed by atoms with Gasteiger partial charge in [0, 0.05) is 59.5 Å². The Balaban J connectivity index is 2.63. The largest absolute Gasteiger partial charge is 0.390 e. The van der Waals surface area contributed by atoms with Gasteiger partial charge in [0.05, 0.1) is 12.1 Å². The normalized spacial score (nSPS) is 33.2. The van der Waals surface area contributed by atoms with E-state index in [1.165, 1.54) is 80.6 Å². The van der Waals surface area contributed by atoms with Crippen molar-refractivity contribution in [2.75, 3.05) is 42.3 Å². The van der Waals surface area contributed by atoms with Crippen LogP contribution in [0.3, 0.4) is 0 Å². The predicted molar refractivity (Wildman–Crippen MR) is 339 cm³/mol. The number of likely N-dealkylation sites (tertiary alicyclic amines) is 1. The van der Waals surface area contributed by atoms with Crippen LogP contribution < -0.4 is 21.3 Å². The van der Waals surface area contributed by atoms with E-state index in [9.17, 15) is 24.3 Å². The summed E-state index contributed by atoms with van der Waals surface area (Å²) in [5.74, 6) is -12.3. The predicted octanol–water partition coefficient (Wildman–Crippen LogP) is 4.65. The summed E-state index contributed by atoms with van der Waals surface area (Å²) in [5.41, 5.74) is -1.29. The van der Waals surface area contributed by atoms with Gasteiger partial charge in [-0.15, -0.1) is 0 Å². The number of allylic oxidation sites excluding steroid dienone is 1. The van der Waals surface area contributed by atoms with Gasteiger partial charge in [-0.05, 0) is 106 Å². The number of fused-ring (bicyclic) bond motifs is 9. The highest BCUT2D eigenvalue weighted by Gasteiger charge is 2.51. The molecular weight excluding hydrogens is 1120 g/mol. The molecule has 16 atom stereocenters. The number of hydrogen-bond donors (Lipinski definition) is 5. The van der Waals surface area contributed by atoms with Gasteiger partial charge >= 0.3 is 0 Å². The highest BCUT2D eigenvalue weighted by atomic mass is 16.3. The van der Waals surface area contributed by atoms with Crippen LogP contribution in [-0.4, -0.2) is 208 Å². The van der Waals surface area contributed by atoms with Gasteiger partial charge in [-0.2, -0.15) is 0 Å². The number of nitrogens with zero attached hydrogens (tertiary/aromatic N) is 6. The third-order valence-corrected chi connectivity index (χ3v) is 18.6. The first-order valence-electron chi connectivity index (χ1n) is 32.3. The Morgan fingerprint density at radius 2 is 1.06 bits per heavy atom. The maximum atomic E-state index is 15.5. The zero-order chi connectivity index (χ0) is 67.6. The van der Waals surface area contributed by atoms with Crippen molar-refractivity contribution in [2.24, 2.45) is 64.6 Å². The van der Waals surface area contributed by atoms with Crippen LogP contribution >= 0.6 is 0 Å². The number of Topliss-reactive ketones (excluding diaryl/α,β-unsaturated/α-hetero) is 1. The number of ketones is 1. The Kier molecular flexibility index (Phi) is 27.9. The number of likely N-dealkylation sites (N-methyl/N-ethyl adjacent to an activating group) is 6. The molecule has 3 rings (SSSR count). The molecule has 1 fully saturated rings. The molecule has 88 heavy (non-hydrogen) atoms. The summed E-state index contributed by atoms with van der Waals surface area (Å²) in [6.07, 6.45) is 2.69. The standard InChI is InChI=1S/C66H114N10O12/c1-25-45-61(84)73(21)47(31-36(6)7)62(85)71(19)46(30-35(4)5)57(80)70-50(38(10)11)64(87)76(24)55-59(82)68-43(17)56(79)67-42(16)54(78)49-41(15)32-48(72(20)60(83)44(49)29-34(2)3)63(86)74(22)51(39(12)13)65(88)75(23)52(58(81)69-45)53(77)40(14)27-26-28-66(55,18)33-37(8)9/h26,28,34-53,55,77H,25,27,29-33H2,1-24H3,(H,67,79)(H,68,82)(H,69,81)(H,70,80)/b28-26+/t40-,41+,42-,43?,44+,45?,46?,47+,48+,49+,50+,51?,52+,53-,55-,66+/m1/s1. The molecular formula is C66H114N10O12. The molecule has 0 aromatic rings. The number of rotatable bonds is 11. The number of amides is 10. The average molecular weight is 1240 g/mol. The fourth-order valence-electron chi connectivity index (χ4n) is 13.7. The maximum absolute atomic E-state index is 15.5. The van der Waals surface area contributed by atoms with Gasteiger partial charge in [-0.1, -0.05) is 123 Å². The van der Waals surface area contributed by atoms with Gasteiger partial charge < -0.3 is 55.8 Å². The fourth-order valence-corrected chi connectivity index (χ4v) is 13.7. The number of nitrogens with one attached hydrogen (secondary N) is 4. The number of hydrogen-bond acceptors (Lipinski definition) is 12. The van der Waals surface area contributed by atoms with Crippen molar-refractivity contribution < 1.29 is 57.8 Å². The fraction of sp³-hybridized carbons (Fsp3) is 0.803. The molecule has 0 aromatic carbocycles. The Labute approximate surface area is 526 Å². The average Bonchev–Trinajstić information content (AvgIpc) is 1.36. The molecule has 3 aliphatic rings. The zero-order valence-corrected chi connectivity index (χ0v) is 57.9. The number of carbonyl (C=O) groups is 11. The van der Waals surface area contributed by atoms with Gasteiger partial charge in [0.25, 0.3) is 0 Å². The third-order valence-electron chi connectivity index (χ3n) is 18.6. The van der Waals surface area contributed by atoms with E-state index in [-0.39, 0.29) is 68.6 Å². The van der Waals surface area contributed by atoms with E-state index in [4.69, 9.17) is 0 Å². The monoisotopic (exact) mass is 1240 g/mol. The second kappa shape index (κ2) is 32.2. The van der Waals surface area contributed by atoms with Gasteiger partial charge in [0.2, 0.25) is 59.1 Å². The molecule has 3 aliphatic heterocycles. The number of carbonyl (C=O) groups excluding carboxylic acids is 11. The summed E-state index contributed by atoms with van der Waals surface area (Å²) < 4.78 is 0. The molecule has 0 saturated carbocycles. The molecule has 22 heteroatoms. The molecule has 4 unspecified atom stereocenters. The van der Waals surface area contributed by atoms with E-state index in [1.54, 1.807) is 67.5 Å². The smallest absolute Gasteiger partial charge is 0.246 e. The van der Waals surface area contributed by atoms with E-state index < -0.39 is 172 Å². The molecule has 22 nitrogen and oxygen atoms in total. The lowest BCUT2D eigenvalue weighted by molar-refractivity contribution is -0.156. The molecule has 3 heterocycles. The quantitative estimate of drug-likeness (QED) is 0.177. The minimum absolute atomic E-state index is 0.00337. The van der Waals surface area contributed by atoms with Crippen molar-refractivity contribution in [3.63, 3.8) is 0 Å². The molecule has 0 aromatic heterocycles. The van der Waals surface area contributed by atoms with Crippen molar-refractivity contribution >= 4 is 64.9 Å². The van der Waals surface area contributed by atoms with Crippen molar-refractivity contribution in [3.8, 4) is 0 Å². The molecule has 0 spiro atoms. The van der Waals surface area contributed by atoms with Crippen molar-refractivity contribution in [2.45, 2.75) is 236 Å². The first kappa shape index (κ1) is 76.3. The van der Waals surface area contributed by atoms with Crippen molar-refractivity contribution in [3.05, 3.63) is 12.2 Å². The minimum Gasteiger partial charge on any atom is -0.390 e. The molecule has 10 amide bonds. The van der Waals surface area contributed by atoms with Gasteiger partial charge in [-0.25, -0.2) is 0 Å². The van der Waals surface area contributed by atoms with Crippen LogP contribution in [0.1, 0.15) is 170 Å². The van der Waals surface area contributed by atoms with Crippen molar-refractivity contribution in [1.82, 2.24) is 50.7 Å². The number of aliphatic hydroxyl groups is 1. The van der Waals surface area contributed by atoms with E-state index in [1.807, 2.05) is 55.4 Å². The maximum Gasteiger partial charge on any atom is 0.246 e. The topological polar surface area (TPSA) is 276 Å². The molecule has 5 N–H and O–H groups in total. The summed E-state index contributed by atoms with van der Waals surface area (Å²) >= 11 is 0. The summed E-state index contributed by atoms with van der Waals surface area (Å²) in [4.78, 5) is 174. The Morgan fingerprint density at radius 3 is 1.57 bits per heavy atom. The lowest BCUT2D eigenvalue weighted by atomic mass is 9.73. The highest BCUT2D eigenvalue weighted by molar-refractivity contribution is 6.01. The molecule has 0 radical (unpaired) electrons. The van der Waals surface area contributed by atoms with E-state index in [0.29, 0.717) is 0 Å². The Morgan fingerprint density at radius 1 is 0.523 bits per heavy atom. The van der Waals surface area contributed by atoms with E-state index >= 15 is 33.6 Å². The van der Waals surface area contributed by atoms with Gasteiger partial charge in [0.15, 0.2) is 5.78 Å². The summed E-state index contributed by atoms with van der Waals surface area (Å²) in [7, 11) is 8.68. The number of aliphatic hydroxyl groups excluding tert-OH is 1. The van der Waals surface area contributed by atoms with Crippen LogP contribution in [0.4, 0.5) is 0 Å². The summed E-state index contributed by atoms with van der Waals surface area (Å²) in [6, 6.07) is -13.0. The van der Waals surface area contributed by atoms with Crippen LogP contribution in [0, 0.1) is 64.6 Å². The summed E-state index contributed by atoms with van der Waals surface area (Å²) in [6.45, 7) is 32.1. The second-order valence-corrected chi connectivity index (χ2v) is 28.8. The molecule has 4 bridgehead atoms. The third kappa shape index (κ3) is 18.2. The van der Waals surface area contributed by atoms with Crippen LogP contribution in [-0.2, 0) is 52.7 Å². The van der Waals surface area contributed by atoms with Gasteiger partial charge in [-0.3, -0.25) is 52.7 Å². The van der Waals surface area contributed by atoms with Crippen molar-refractivity contribution in [1.29, 1.82) is 0 Å². The zero-order valence-electron chi connectivity index (χ0n) is 57.9. The first-order chi connectivity index (χ1) is 40.6. The Bertz CT molecular complexity index is 2530. The lowest BCUT2D eigenvalue weighted by Gasteiger charge is -2.43. The van der Waals surface area contributed by atoms with E-state index in [2.05, 4.69) is 21.3 Å².